The molecule has 15 heavy (non-hydrogen) atoms. The Balaban J connectivity index is 1.98. The average Bonchev–Trinajstić information content (AvgIpc) is 2.98. The third kappa shape index (κ3) is 2.82. The molecule has 0 aromatic carbocycles. The molecule has 84 valence electrons. The van der Waals surface area contributed by atoms with Crippen molar-refractivity contribution in [3.63, 3.8) is 0 Å². The fourth-order valence-electron chi connectivity index (χ4n) is 2.40. The van der Waals surface area contributed by atoms with Crippen molar-refractivity contribution in [1.82, 2.24) is 5.32 Å². The first-order chi connectivity index (χ1) is 7.24. The summed E-state index contributed by atoms with van der Waals surface area (Å²) in [6.07, 6.45) is 4.12. The van der Waals surface area contributed by atoms with Gasteiger partial charge in [-0.3, -0.25) is 0 Å². The number of thiophene rings is 1. The largest absolute Gasteiger partial charge is 0.316 e. The molecule has 0 spiro atoms. The Morgan fingerprint density at radius 3 is 2.87 bits per heavy atom. The Morgan fingerprint density at radius 1 is 1.53 bits per heavy atom. The quantitative estimate of drug-likeness (QED) is 0.780. The first-order valence-corrected chi connectivity index (χ1v) is 6.90. The van der Waals surface area contributed by atoms with Crippen molar-refractivity contribution in [3.05, 3.63) is 22.4 Å². The van der Waals surface area contributed by atoms with Gasteiger partial charge in [-0.15, -0.1) is 0 Å². The predicted molar refractivity (Wildman–Crippen MR) is 67.4 cm³/mol. The van der Waals surface area contributed by atoms with Crippen LogP contribution >= 0.6 is 11.3 Å². The van der Waals surface area contributed by atoms with E-state index in [9.17, 15) is 0 Å². The first-order valence-electron chi connectivity index (χ1n) is 5.96. The van der Waals surface area contributed by atoms with E-state index in [0.717, 1.165) is 12.5 Å². The average molecular weight is 223 g/mol. The van der Waals surface area contributed by atoms with E-state index in [1.54, 1.807) is 0 Å². The van der Waals surface area contributed by atoms with Crippen LogP contribution in [0, 0.1) is 11.3 Å². The molecule has 1 aliphatic carbocycles. The van der Waals surface area contributed by atoms with E-state index in [2.05, 4.69) is 36.0 Å². The lowest BCUT2D eigenvalue weighted by Gasteiger charge is -2.29. The molecule has 1 aromatic rings. The summed E-state index contributed by atoms with van der Waals surface area (Å²) in [5, 5.41) is 8.01. The molecule has 2 heteroatoms. The SMILES string of the molecule is CCNCC(C)(Cc1ccsc1)C1CC1. The molecule has 0 amide bonds. The Labute approximate surface area is 96.9 Å². The third-order valence-corrected chi connectivity index (χ3v) is 4.26. The maximum atomic E-state index is 3.53. The lowest BCUT2D eigenvalue weighted by molar-refractivity contribution is 0.258. The standard InChI is InChI=1S/C13H21NS/c1-3-14-10-13(2,12-4-5-12)8-11-6-7-15-9-11/h6-7,9,12,14H,3-5,8,10H2,1-2H3. The Bertz CT molecular complexity index is 289. The van der Waals surface area contributed by atoms with Crippen molar-refractivity contribution in [3.8, 4) is 0 Å². The van der Waals surface area contributed by atoms with Crippen molar-refractivity contribution < 1.29 is 0 Å². The van der Waals surface area contributed by atoms with Gasteiger partial charge in [0.15, 0.2) is 0 Å². The van der Waals surface area contributed by atoms with Gasteiger partial charge in [0.05, 0.1) is 0 Å². The zero-order chi connectivity index (χ0) is 10.7. The lowest BCUT2D eigenvalue weighted by atomic mass is 9.79. The van der Waals surface area contributed by atoms with Crippen molar-refractivity contribution in [2.24, 2.45) is 11.3 Å². The fraction of sp³-hybridized carbons (Fsp3) is 0.692. The van der Waals surface area contributed by atoms with Crippen molar-refractivity contribution in [1.29, 1.82) is 0 Å². The maximum absolute atomic E-state index is 3.53. The Kier molecular flexibility index (Phi) is 3.47. The summed E-state index contributed by atoms with van der Waals surface area (Å²) in [7, 11) is 0. The minimum Gasteiger partial charge on any atom is -0.316 e. The van der Waals surface area contributed by atoms with Crippen LogP contribution in [0.1, 0.15) is 32.3 Å². The lowest BCUT2D eigenvalue weighted by Crippen LogP contribution is -2.35. The van der Waals surface area contributed by atoms with Crippen LogP contribution in [-0.2, 0) is 6.42 Å². The van der Waals surface area contributed by atoms with Crippen LogP contribution in [0.3, 0.4) is 0 Å². The molecule has 0 bridgehead atoms. The molecule has 1 unspecified atom stereocenters. The molecule has 1 heterocycles. The highest BCUT2D eigenvalue weighted by molar-refractivity contribution is 7.07. The van der Waals surface area contributed by atoms with Gasteiger partial charge in [-0.1, -0.05) is 13.8 Å². The van der Waals surface area contributed by atoms with Crippen molar-refractivity contribution >= 4 is 11.3 Å². The van der Waals surface area contributed by atoms with Gasteiger partial charge >= 0.3 is 0 Å². The fourth-order valence-corrected chi connectivity index (χ4v) is 3.07. The summed E-state index contributed by atoms with van der Waals surface area (Å²) < 4.78 is 0. The van der Waals surface area contributed by atoms with Gasteiger partial charge in [0.2, 0.25) is 0 Å². The molecule has 1 aromatic heterocycles. The number of rotatable bonds is 6. The molecule has 2 rings (SSSR count). The van der Waals surface area contributed by atoms with Crippen LogP contribution in [0.15, 0.2) is 16.8 Å². The van der Waals surface area contributed by atoms with Crippen LogP contribution in [0.4, 0.5) is 0 Å². The molecule has 1 saturated carbocycles. The van der Waals surface area contributed by atoms with Crippen LogP contribution < -0.4 is 5.32 Å². The number of nitrogens with one attached hydrogen (secondary N) is 1. The Morgan fingerprint density at radius 2 is 2.33 bits per heavy atom. The summed E-state index contributed by atoms with van der Waals surface area (Å²) in [4.78, 5) is 0. The van der Waals surface area contributed by atoms with E-state index in [0.29, 0.717) is 5.41 Å². The predicted octanol–water partition coefficient (Wildman–Crippen LogP) is 3.32. The highest BCUT2D eigenvalue weighted by atomic mass is 32.1. The minimum absolute atomic E-state index is 0.483. The first kappa shape index (κ1) is 11.2. The molecule has 1 nitrogen and oxygen atoms in total. The van der Waals surface area contributed by atoms with Gasteiger partial charge in [0.25, 0.3) is 0 Å². The zero-order valence-corrected chi connectivity index (χ0v) is 10.6. The van der Waals surface area contributed by atoms with Crippen LogP contribution in [-0.4, -0.2) is 13.1 Å². The maximum Gasteiger partial charge on any atom is 0.00109 e. The monoisotopic (exact) mass is 223 g/mol. The summed E-state index contributed by atoms with van der Waals surface area (Å²) >= 11 is 1.82. The van der Waals surface area contributed by atoms with Crippen LogP contribution in [0.25, 0.3) is 0 Å². The molecule has 1 N–H and O–H groups in total. The van der Waals surface area contributed by atoms with E-state index >= 15 is 0 Å². The van der Waals surface area contributed by atoms with Crippen LogP contribution in [0.5, 0.6) is 0 Å². The summed E-state index contributed by atoms with van der Waals surface area (Å²) in [6, 6.07) is 2.28. The van der Waals surface area contributed by atoms with Gasteiger partial charge < -0.3 is 5.32 Å². The second kappa shape index (κ2) is 4.67. The van der Waals surface area contributed by atoms with Gasteiger partial charge in [0, 0.05) is 6.54 Å². The molecule has 1 atom stereocenters. The third-order valence-electron chi connectivity index (χ3n) is 3.53. The second-order valence-electron chi connectivity index (χ2n) is 5.02. The molecule has 1 aliphatic rings. The number of hydrogen-bond donors (Lipinski definition) is 1. The van der Waals surface area contributed by atoms with E-state index < -0.39 is 0 Å². The van der Waals surface area contributed by atoms with Gasteiger partial charge in [0.1, 0.15) is 0 Å². The summed E-state index contributed by atoms with van der Waals surface area (Å²) in [5.74, 6) is 0.955. The van der Waals surface area contributed by atoms with Gasteiger partial charge in [-0.05, 0) is 59.5 Å². The second-order valence-corrected chi connectivity index (χ2v) is 5.80. The zero-order valence-electron chi connectivity index (χ0n) is 9.75. The molecule has 0 saturated heterocycles. The molecule has 0 aliphatic heterocycles. The van der Waals surface area contributed by atoms with Crippen LogP contribution in [0.2, 0.25) is 0 Å². The molecular weight excluding hydrogens is 202 g/mol. The van der Waals surface area contributed by atoms with Gasteiger partial charge in [-0.25, -0.2) is 0 Å². The van der Waals surface area contributed by atoms with E-state index in [-0.39, 0.29) is 0 Å². The molecule has 0 radical (unpaired) electrons. The van der Waals surface area contributed by atoms with Crippen molar-refractivity contribution in [2.45, 2.75) is 33.1 Å². The smallest absolute Gasteiger partial charge is 0.00109 e. The van der Waals surface area contributed by atoms with Gasteiger partial charge in [-0.2, -0.15) is 11.3 Å². The highest BCUT2D eigenvalue weighted by Gasteiger charge is 2.40. The Hall–Kier alpha value is -0.340. The van der Waals surface area contributed by atoms with E-state index in [1.807, 2.05) is 11.3 Å². The highest BCUT2D eigenvalue weighted by Crippen LogP contribution is 2.47. The summed E-state index contributed by atoms with van der Waals surface area (Å²) in [6.45, 7) is 6.90. The minimum atomic E-state index is 0.483. The topological polar surface area (TPSA) is 12.0 Å². The summed E-state index contributed by atoms with van der Waals surface area (Å²) in [5.41, 5.74) is 2.00. The number of hydrogen-bond acceptors (Lipinski definition) is 2. The van der Waals surface area contributed by atoms with E-state index in [4.69, 9.17) is 0 Å². The van der Waals surface area contributed by atoms with E-state index in [1.165, 1.54) is 31.4 Å². The molecular formula is C13H21NS. The normalized spacial score (nSPS) is 20.1. The van der Waals surface area contributed by atoms with Crippen molar-refractivity contribution in [2.75, 3.05) is 13.1 Å². The molecule has 1 fully saturated rings.